The summed E-state index contributed by atoms with van der Waals surface area (Å²) in [4.78, 5) is 16.0. The van der Waals surface area contributed by atoms with Crippen molar-refractivity contribution in [2.45, 2.75) is 19.8 Å². The standard InChI is InChI=1S/C14H17N3O2S/c1-2-7-19-12-6-4-3-5-11(12)17-13(18)8-10-9-20-14(15)16-10/h3-6,9H,2,7-8H2,1H3,(H2,15,16)(H,17,18). The minimum absolute atomic E-state index is 0.136. The first-order chi connectivity index (χ1) is 9.69. The van der Waals surface area contributed by atoms with Crippen LogP contribution >= 0.6 is 11.3 Å². The molecular formula is C14H17N3O2S. The molecule has 106 valence electrons. The minimum atomic E-state index is -0.136. The summed E-state index contributed by atoms with van der Waals surface area (Å²) < 4.78 is 5.59. The molecule has 0 aliphatic carbocycles. The number of anilines is 2. The van der Waals surface area contributed by atoms with Crippen LogP contribution in [0.2, 0.25) is 0 Å². The van der Waals surface area contributed by atoms with E-state index in [4.69, 9.17) is 10.5 Å². The van der Waals surface area contributed by atoms with Crippen molar-refractivity contribution in [3.05, 3.63) is 35.3 Å². The zero-order chi connectivity index (χ0) is 14.4. The molecule has 1 aromatic heterocycles. The molecule has 20 heavy (non-hydrogen) atoms. The van der Waals surface area contributed by atoms with E-state index in [9.17, 15) is 4.79 Å². The second-order valence-electron chi connectivity index (χ2n) is 4.25. The van der Waals surface area contributed by atoms with Gasteiger partial charge in [-0.05, 0) is 18.6 Å². The first kappa shape index (κ1) is 14.3. The van der Waals surface area contributed by atoms with Crippen molar-refractivity contribution in [2.24, 2.45) is 0 Å². The number of benzene rings is 1. The Morgan fingerprint density at radius 2 is 2.25 bits per heavy atom. The molecule has 0 saturated heterocycles. The molecule has 0 aliphatic rings. The molecule has 3 N–H and O–H groups in total. The van der Waals surface area contributed by atoms with Crippen LogP contribution in [-0.2, 0) is 11.2 Å². The lowest BCUT2D eigenvalue weighted by molar-refractivity contribution is -0.115. The molecule has 0 saturated carbocycles. The number of nitrogens with zero attached hydrogens (tertiary/aromatic N) is 1. The van der Waals surface area contributed by atoms with Gasteiger partial charge in [0.1, 0.15) is 5.75 Å². The van der Waals surface area contributed by atoms with Gasteiger partial charge in [-0.25, -0.2) is 4.98 Å². The molecule has 0 fully saturated rings. The third-order valence-corrected chi connectivity index (χ3v) is 3.26. The van der Waals surface area contributed by atoms with Crippen LogP contribution < -0.4 is 15.8 Å². The summed E-state index contributed by atoms with van der Waals surface area (Å²) in [6.45, 7) is 2.66. The molecule has 0 spiro atoms. The maximum atomic E-state index is 12.0. The van der Waals surface area contributed by atoms with Gasteiger partial charge in [0.25, 0.3) is 0 Å². The molecule has 0 aliphatic heterocycles. The number of ether oxygens (including phenoxy) is 1. The van der Waals surface area contributed by atoms with E-state index in [-0.39, 0.29) is 12.3 Å². The van der Waals surface area contributed by atoms with Gasteiger partial charge in [-0.2, -0.15) is 0 Å². The highest BCUT2D eigenvalue weighted by Gasteiger charge is 2.10. The number of thiazole rings is 1. The van der Waals surface area contributed by atoms with E-state index in [0.717, 1.165) is 6.42 Å². The van der Waals surface area contributed by atoms with Crippen molar-refractivity contribution in [3.63, 3.8) is 0 Å². The van der Waals surface area contributed by atoms with Gasteiger partial charge in [0.05, 0.1) is 24.4 Å². The number of rotatable bonds is 6. The van der Waals surface area contributed by atoms with Crippen molar-refractivity contribution in [1.82, 2.24) is 4.98 Å². The fourth-order valence-electron chi connectivity index (χ4n) is 1.67. The minimum Gasteiger partial charge on any atom is -0.491 e. The fourth-order valence-corrected chi connectivity index (χ4v) is 2.23. The van der Waals surface area contributed by atoms with Gasteiger partial charge >= 0.3 is 0 Å². The molecular weight excluding hydrogens is 274 g/mol. The predicted molar refractivity (Wildman–Crippen MR) is 81.1 cm³/mol. The Morgan fingerprint density at radius 3 is 2.95 bits per heavy atom. The SMILES string of the molecule is CCCOc1ccccc1NC(=O)Cc1csc(N)n1. The monoisotopic (exact) mass is 291 g/mol. The third-order valence-electron chi connectivity index (χ3n) is 2.53. The number of hydrogen-bond acceptors (Lipinski definition) is 5. The maximum Gasteiger partial charge on any atom is 0.230 e. The zero-order valence-electron chi connectivity index (χ0n) is 11.3. The van der Waals surface area contributed by atoms with Crippen molar-refractivity contribution >= 4 is 28.1 Å². The first-order valence-corrected chi connectivity index (χ1v) is 7.28. The first-order valence-electron chi connectivity index (χ1n) is 6.40. The largest absolute Gasteiger partial charge is 0.491 e. The molecule has 1 aromatic carbocycles. The van der Waals surface area contributed by atoms with Crippen molar-refractivity contribution < 1.29 is 9.53 Å². The Balaban J connectivity index is 2.00. The highest BCUT2D eigenvalue weighted by Crippen LogP contribution is 2.24. The van der Waals surface area contributed by atoms with Gasteiger partial charge in [0.2, 0.25) is 5.91 Å². The van der Waals surface area contributed by atoms with Crippen LogP contribution in [0.5, 0.6) is 5.75 Å². The number of hydrogen-bond donors (Lipinski definition) is 2. The highest BCUT2D eigenvalue weighted by molar-refractivity contribution is 7.13. The average Bonchev–Trinajstić information content (AvgIpc) is 2.83. The molecule has 2 aromatic rings. The number of nitrogen functional groups attached to an aromatic ring is 1. The number of nitrogens with two attached hydrogens (primary N) is 1. The lowest BCUT2D eigenvalue weighted by Gasteiger charge is -2.11. The summed E-state index contributed by atoms with van der Waals surface area (Å²) in [5.41, 5.74) is 6.89. The fraction of sp³-hybridized carbons (Fsp3) is 0.286. The van der Waals surface area contributed by atoms with E-state index >= 15 is 0 Å². The number of carbonyl (C=O) groups is 1. The summed E-state index contributed by atoms with van der Waals surface area (Å²) in [5, 5.41) is 5.09. The smallest absolute Gasteiger partial charge is 0.230 e. The maximum absolute atomic E-state index is 12.0. The van der Waals surface area contributed by atoms with E-state index in [0.29, 0.717) is 28.9 Å². The lowest BCUT2D eigenvalue weighted by atomic mass is 10.2. The van der Waals surface area contributed by atoms with Gasteiger partial charge in [0, 0.05) is 5.38 Å². The predicted octanol–water partition coefficient (Wildman–Crippen LogP) is 2.70. The molecule has 1 amide bonds. The van der Waals surface area contributed by atoms with Gasteiger partial charge in [-0.3, -0.25) is 4.79 Å². The lowest BCUT2D eigenvalue weighted by Crippen LogP contribution is -2.15. The number of para-hydroxylation sites is 2. The van der Waals surface area contributed by atoms with Gasteiger partial charge in [-0.15, -0.1) is 11.3 Å². The highest BCUT2D eigenvalue weighted by atomic mass is 32.1. The van der Waals surface area contributed by atoms with Crippen LogP contribution in [0, 0.1) is 0 Å². The topological polar surface area (TPSA) is 77.2 Å². The van der Waals surface area contributed by atoms with Gasteiger partial charge in [-0.1, -0.05) is 19.1 Å². The van der Waals surface area contributed by atoms with Crippen LogP contribution in [0.1, 0.15) is 19.0 Å². The van der Waals surface area contributed by atoms with Crippen LogP contribution in [0.3, 0.4) is 0 Å². The Hall–Kier alpha value is -2.08. The van der Waals surface area contributed by atoms with Crippen molar-refractivity contribution in [1.29, 1.82) is 0 Å². The third kappa shape index (κ3) is 3.96. The number of carbonyl (C=O) groups excluding carboxylic acids is 1. The second kappa shape index (κ2) is 6.91. The molecule has 0 bridgehead atoms. The van der Waals surface area contributed by atoms with Gasteiger partial charge in [0.15, 0.2) is 5.13 Å². The summed E-state index contributed by atoms with van der Waals surface area (Å²) >= 11 is 1.33. The Bertz CT molecular complexity index is 583. The zero-order valence-corrected chi connectivity index (χ0v) is 12.1. The van der Waals surface area contributed by atoms with Crippen LogP contribution in [0.4, 0.5) is 10.8 Å². The van der Waals surface area contributed by atoms with Crippen molar-refractivity contribution in [3.8, 4) is 5.75 Å². The van der Waals surface area contributed by atoms with Crippen molar-refractivity contribution in [2.75, 3.05) is 17.7 Å². The number of amides is 1. The molecule has 6 heteroatoms. The number of aromatic nitrogens is 1. The number of nitrogens with one attached hydrogen (secondary N) is 1. The van der Waals surface area contributed by atoms with E-state index in [1.165, 1.54) is 11.3 Å². The van der Waals surface area contributed by atoms with E-state index in [1.807, 2.05) is 31.2 Å². The normalized spacial score (nSPS) is 10.2. The quantitative estimate of drug-likeness (QED) is 0.858. The molecule has 0 atom stereocenters. The summed E-state index contributed by atoms with van der Waals surface area (Å²) in [5.74, 6) is 0.545. The molecule has 2 rings (SSSR count). The molecule has 5 nitrogen and oxygen atoms in total. The summed E-state index contributed by atoms with van der Waals surface area (Å²) in [7, 11) is 0. The van der Waals surface area contributed by atoms with Crippen LogP contribution in [0.25, 0.3) is 0 Å². The van der Waals surface area contributed by atoms with E-state index in [2.05, 4.69) is 10.3 Å². The Kier molecular flexibility index (Phi) is 4.95. The Labute approximate surface area is 121 Å². The second-order valence-corrected chi connectivity index (χ2v) is 5.14. The molecule has 0 radical (unpaired) electrons. The van der Waals surface area contributed by atoms with E-state index in [1.54, 1.807) is 5.38 Å². The molecule has 0 unspecified atom stereocenters. The van der Waals surface area contributed by atoms with Gasteiger partial charge < -0.3 is 15.8 Å². The van der Waals surface area contributed by atoms with Crippen LogP contribution in [-0.4, -0.2) is 17.5 Å². The summed E-state index contributed by atoms with van der Waals surface area (Å²) in [6, 6.07) is 7.39. The Morgan fingerprint density at radius 1 is 1.45 bits per heavy atom. The molecule has 1 heterocycles. The van der Waals surface area contributed by atoms with Crippen LogP contribution in [0.15, 0.2) is 29.6 Å². The van der Waals surface area contributed by atoms with E-state index < -0.39 is 0 Å². The summed E-state index contributed by atoms with van der Waals surface area (Å²) in [6.07, 6.45) is 1.12. The average molecular weight is 291 g/mol.